The summed E-state index contributed by atoms with van der Waals surface area (Å²) in [6.45, 7) is 3.59. The molecular formula is C18H24N6O2. The molecule has 0 unspecified atom stereocenters. The number of ether oxygens (including phenoxy) is 1. The Morgan fingerprint density at radius 2 is 2.12 bits per heavy atom. The summed E-state index contributed by atoms with van der Waals surface area (Å²) in [5, 5.41) is 14.2. The number of piperidine rings is 1. The topological polar surface area (TPSA) is 85.2 Å². The molecule has 2 saturated heterocycles. The highest BCUT2D eigenvalue weighted by Gasteiger charge is 2.30. The van der Waals surface area contributed by atoms with Crippen molar-refractivity contribution in [3.05, 3.63) is 30.6 Å². The molecule has 1 aromatic carbocycles. The zero-order chi connectivity index (χ0) is 17.8. The van der Waals surface area contributed by atoms with E-state index in [4.69, 9.17) is 4.74 Å². The average Bonchev–Trinajstić information content (AvgIpc) is 3.24. The highest BCUT2D eigenvalue weighted by Crippen LogP contribution is 2.24. The van der Waals surface area contributed by atoms with E-state index in [1.165, 1.54) is 6.33 Å². The molecule has 3 heterocycles. The Morgan fingerprint density at radius 3 is 2.92 bits per heavy atom. The lowest BCUT2D eigenvalue weighted by atomic mass is 9.94. The molecule has 1 aromatic heterocycles. The number of likely N-dealkylation sites (tertiary alicyclic amines) is 1. The predicted octanol–water partition coefficient (Wildman–Crippen LogP) is 1.49. The van der Waals surface area contributed by atoms with E-state index in [-0.39, 0.29) is 11.8 Å². The van der Waals surface area contributed by atoms with E-state index >= 15 is 0 Å². The standard InChI is InChI=1S/C18H24N6O2/c25-18(14-3-2-8-23(12-14)16-6-9-26-10-7-16)20-15-4-1-5-17(11-15)24-13-19-21-22-24/h1,4-5,11,13-14,16H,2-3,6-10,12H2,(H,20,25)/t14-/m1/s1. The van der Waals surface area contributed by atoms with Crippen LogP contribution < -0.4 is 5.32 Å². The van der Waals surface area contributed by atoms with Crippen LogP contribution in [0.5, 0.6) is 0 Å². The lowest BCUT2D eigenvalue weighted by Gasteiger charge is -2.39. The van der Waals surface area contributed by atoms with Crippen molar-refractivity contribution < 1.29 is 9.53 Å². The summed E-state index contributed by atoms with van der Waals surface area (Å²) >= 11 is 0. The number of benzene rings is 1. The van der Waals surface area contributed by atoms with Crippen molar-refractivity contribution >= 4 is 11.6 Å². The molecule has 8 heteroatoms. The highest BCUT2D eigenvalue weighted by molar-refractivity contribution is 5.93. The third kappa shape index (κ3) is 3.91. The van der Waals surface area contributed by atoms with Gasteiger partial charge in [-0.25, -0.2) is 4.68 Å². The average molecular weight is 356 g/mol. The van der Waals surface area contributed by atoms with Crippen LogP contribution in [0.15, 0.2) is 30.6 Å². The predicted molar refractivity (Wildman–Crippen MR) is 95.9 cm³/mol. The first-order valence-electron chi connectivity index (χ1n) is 9.26. The van der Waals surface area contributed by atoms with E-state index in [1.807, 2.05) is 24.3 Å². The maximum absolute atomic E-state index is 12.8. The molecule has 0 aliphatic carbocycles. The van der Waals surface area contributed by atoms with Crippen molar-refractivity contribution in [2.24, 2.45) is 5.92 Å². The first-order valence-corrected chi connectivity index (χ1v) is 9.26. The van der Waals surface area contributed by atoms with Gasteiger partial charge in [-0.05, 0) is 60.9 Å². The summed E-state index contributed by atoms with van der Waals surface area (Å²) < 4.78 is 7.04. The zero-order valence-corrected chi connectivity index (χ0v) is 14.8. The van der Waals surface area contributed by atoms with Gasteiger partial charge in [-0.1, -0.05) is 6.07 Å². The van der Waals surface area contributed by atoms with Crippen molar-refractivity contribution in [3.63, 3.8) is 0 Å². The molecule has 4 rings (SSSR count). The Bertz CT molecular complexity index is 729. The van der Waals surface area contributed by atoms with Crippen LogP contribution in [0.2, 0.25) is 0 Å². The van der Waals surface area contributed by atoms with Crippen molar-refractivity contribution in [2.75, 3.05) is 31.6 Å². The molecule has 1 N–H and O–H groups in total. The summed E-state index contributed by atoms with van der Waals surface area (Å²) in [6.07, 6.45) is 5.69. The molecule has 8 nitrogen and oxygen atoms in total. The quantitative estimate of drug-likeness (QED) is 0.893. The van der Waals surface area contributed by atoms with Gasteiger partial charge in [-0.3, -0.25) is 9.69 Å². The molecule has 2 fully saturated rings. The Labute approximate surface area is 152 Å². The first-order chi connectivity index (χ1) is 12.8. The van der Waals surface area contributed by atoms with Crippen molar-refractivity contribution in [3.8, 4) is 5.69 Å². The van der Waals surface area contributed by atoms with E-state index in [0.717, 1.165) is 63.4 Å². The van der Waals surface area contributed by atoms with Crippen LogP contribution >= 0.6 is 0 Å². The fraction of sp³-hybridized carbons (Fsp3) is 0.556. The van der Waals surface area contributed by atoms with Gasteiger partial charge in [0.25, 0.3) is 0 Å². The van der Waals surface area contributed by atoms with Crippen LogP contribution in [0, 0.1) is 5.92 Å². The van der Waals surface area contributed by atoms with Crippen molar-refractivity contribution in [1.29, 1.82) is 0 Å². The SMILES string of the molecule is O=C(Nc1cccc(-n2cnnn2)c1)[C@@H]1CCCN(C2CCOCC2)C1. The van der Waals surface area contributed by atoms with Crippen molar-refractivity contribution in [1.82, 2.24) is 25.1 Å². The summed E-state index contributed by atoms with van der Waals surface area (Å²) in [6, 6.07) is 8.13. The van der Waals surface area contributed by atoms with E-state index < -0.39 is 0 Å². The Kier molecular flexibility index (Phi) is 5.21. The number of anilines is 1. The molecule has 0 radical (unpaired) electrons. The number of aromatic nitrogens is 4. The van der Waals surface area contributed by atoms with Crippen LogP contribution in [0.4, 0.5) is 5.69 Å². The molecule has 0 bridgehead atoms. The van der Waals surface area contributed by atoms with Crippen LogP contribution in [0.3, 0.4) is 0 Å². The Hall–Kier alpha value is -2.32. The summed E-state index contributed by atoms with van der Waals surface area (Å²) in [5.41, 5.74) is 1.59. The number of nitrogens with zero attached hydrogens (tertiary/aromatic N) is 5. The van der Waals surface area contributed by atoms with Gasteiger partial charge in [0, 0.05) is 31.5 Å². The zero-order valence-electron chi connectivity index (χ0n) is 14.8. The molecule has 138 valence electrons. The molecule has 0 spiro atoms. The third-order valence-electron chi connectivity index (χ3n) is 5.26. The maximum Gasteiger partial charge on any atom is 0.228 e. The fourth-order valence-corrected chi connectivity index (χ4v) is 3.85. The third-order valence-corrected chi connectivity index (χ3v) is 5.26. The molecule has 2 aliphatic rings. The number of nitrogens with one attached hydrogen (secondary N) is 1. The normalized spacial score (nSPS) is 22.2. The number of hydrogen-bond donors (Lipinski definition) is 1. The Morgan fingerprint density at radius 1 is 1.23 bits per heavy atom. The summed E-state index contributed by atoms with van der Waals surface area (Å²) in [7, 11) is 0. The van der Waals surface area contributed by atoms with Gasteiger partial charge in [-0.15, -0.1) is 5.10 Å². The number of amides is 1. The van der Waals surface area contributed by atoms with Gasteiger partial charge in [0.15, 0.2) is 0 Å². The molecule has 26 heavy (non-hydrogen) atoms. The minimum atomic E-state index is 0.0308. The van der Waals surface area contributed by atoms with Gasteiger partial charge >= 0.3 is 0 Å². The molecule has 1 amide bonds. The summed E-state index contributed by atoms with van der Waals surface area (Å²) in [5.74, 6) is 0.124. The van der Waals surface area contributed by atoms with Crippen LogP contribution in [0.1, 0.15) is 25.7 Å². The number of tetrazole rings is 1. The maximum atomic E-state index is 12.8. The van der Waals surface area contributed by atoms with Crippen molar-refractivity contribution in [2.45, 2.75) is 31.7 Å². The first kappa shape index (κ1) is 17.1. The van der Waals surface area contributed by atoms with E-state index in [0.29, 0.717) is 6.04 Å². The van der Waals surface area contributed by atoms with E-state index in [1.54, 1.807) is 4.68 Å². The number of carbonyl (C=O) groups is 1. The van der Waals surface area contributed by atoms with Crippen LogP contribution in [0.25, 0.3) is 5.69 Å². The fourth-order valence-electron chi connectivity index (χ4n) is 3.85. The minimum Gasteiger partial charge on any atom is -0.381 e. The lowest BCUT2D eigenvalue weighted by molar-refractivity contribution is -0.122. The lowest BCUT2D eigenvalue weighted by Crippen LogP contribution is -2.47. The monoisotopic (exact) mass is 356 g/mol. The molecule has 2 aromatic rings. The minimum absolute atomic E-state index is 0.0308. The number of rotatable bonds is 4. The molecule has 1 atom stereocenters. The second kappa shape index (κ2) is 7.92. The molecule has 2 aliphatic heterocycles. The molecular weight excluding hydrogens is 332 g/mol. The van der Waals surface area contributed by atoms with Gasteiger partial charge in [0.05, 0.1) is 11.6 Å². The molecule has 0 saturated carbocycles. The second-order valence-corrected chi connectivity index (χ2v) is 6.97. The van der Waals surface area contributed by atoms with Gasteiger partial charge < -0.3 is 10.1 Å². The Balaban J connectivity index is 1.39. The van der Waals surface area contributed by atoms with Gasteiger partial charge in [-0.2, -0.15) is 0 Å². The number of carbonyl (C=O) groups excluding carboxylic acids is 1. The summed E-state index contributed by atoms with van der Waals surface area (Å²) in [4.78, 5) is 15.3. The van der Waals surface area contributed by atoms with E-state index in [2.05, 4.69) is 25.7 Å². The van der Waals surface area contributed by atoms with E-state index in [9.17, 15) is 4.79 Å². The highest BCUT2D eigenvalue weighted by atomic mass is 16.5. The van der Waals surface area contributed by atoms with Gasteiger partial charge in [0.2, 0.25) is 5.91 Å². The van der Waals surface area contributed by atoms with Crippen LogP contribution in [-0.2, 0) is 9.53 Å². The smallest absolute Gasteiger partial charge is 0.228 e. The van der Waals surface area contributed by atoms with Gasteiger partial charge in [0.1, 0.15) is 6.33 Å². The largest absolute Gasteiger partial charge is 0.381 e. The second-order valence-electron chi connectivity index (χ2n) is 6.97. The number of hydrogen-bond acceptors (Lipinski definition) is 6. The van der Waals surface area contributed by atoms with Crippen LogP contribution in [-0.4, -0.2) is 63.4 Å².